The van der Waals surface area contributed by atoms with Crippen molar-refractivity contribution in [2.75, 3.05) is 20.3 Å². The lowest BCUT2D eigenvalue weighted by atomic mass is 10.0. The second-order valence-electron chi connectivity index (χ2n) is 5.24. The molecule has 0 aromatic carbocycles. The molecule has 1 fully saturated rings. The molecule has 2 rings (SSSR count). The van der Waals surface area contributed by atoms with Crippen molar-refractivity contribution in [3.8, 4) is 0 Å². The Morgan fingerprint density at radius 2 is 2.10 bits per heavy atom. The number of hydrogen-bond acceptors (Lipinski definition) is 6. The Kier molecular flexibility index (Phi) is 4.72. The van der Waals surface area contributed by atoms with E-state index < -0.39 is 11.6 Å². The van der Waals surface area contributed by atoms with Crippen LogP contribution in [0.1, 0.15) is 41.9 Å². The molecule has 0 aliphatic heterocycles. The average molecular weight is 283 g/mol. The third kappa shape index (κ3) is 3.34. The molecule has 1 aliphatic carbocycles. The molecular formula is C13H21N3O4. The summed E-state index contributed by atoms with van der Waals surface area (Å²) in [4.78, 5) is 11.8. The van der Waals surface area contributed by atoms with Crippen LogP contribution in [-0.2, 0) is 16.0 Å². The van der Waals surface area contributed by atoms with Crippen molar-refractivity contribution in [1.29, 1.82) is 0 Å². The van der Waals surface area contributed by atoms with Gasteiger partial charge in [0.15, 0.2) is 5.69 Å². The van der Waals surface area contributed by atoms with Gasteiger partial charge in [0.05, 0.1) is 24.4 Å². The molecule has 0 unspecified atom stereocenters. The van der Waals surface area contributed by atoms with Crippen molar-refractivity contribution in [3.05, 3.63) is 11.4 Å². The molecule has 0 bridgehead atoms. The van der Waals surface area contributed by atoms with Gasteiger partial charge in [0, 0.05) is 7.11 Å². The van der Waals surface area contributed by atoms with Gasteiger partial charge in [0.2, 0.25) is 0 Å². The Hall–Kier alpha value is -1.47. The van der Waals surface area contributed by atoms with E-state index in [-0.39, 0.29) is 12.3 Å². The molecule has 1 saturated carbocycles. The Morgan fingerprint density at radius 3 is 2.75 bits per heavy atom. The van der Waals surface area contributed by atoms with Gasteiger partial charge in [-0.3, -0.25) is 0 Å². The van der Waals surface area contributed by atoms with E-state index in [4.69, 9.17) is 9.47 Å². The van der Waals surface area contributed by atoms with Gasteiger partial charge in [-0.15, -0.1) is 5.10 Å². The molecule has 0 saturated heterocycles. The molecule has 1 aliphatic rings. The molecule has 20 heavy (non-hydrogen) atoms. The molecular weight excluding hydrogens is 262 g/mol. The predicted octanol–water partition coefficient (Wildman–Crippen LogP) is 0.695. The number of rotatable bonds is 6. The van der Waals surface area contributed by atoms with Gasteiger partial charge in [0.1, 0.15) is 6.61 Å². The van der Waals surface area contributed by atoms with Crippen LogP contribution in [0.2, 0.25) is 0 Å². The van der Waals surface area contributed by atoms with Crippen molar-refractivity contribution in [2.45, 2.75) is 44.8 Å². The lowest BCUT2D eigenvalue weighted by molar-refractivity contribution is 0.0252. The van der Waals surface area contributed by atoms with Crippen LogP contribution in [0.15, 0.2) is 0 Å². The Balaban J connectivity index is 2.01. The van der Waals surface area contributed by atoms with Gasteiger partial charge in [-0.1, -0.05) is 18.1 Å². The summed E-state index contributed by atoms with van der Waals surface area (Å²) in [6.45, 7) is 2.66. The maximum atomic E-state index is 11.8. The van der Waals surface area contributed by atoms with E-state index >= 15 is 0 Å². The Labute approximate surface area is 117 Å². The van der Waals surface area contributed by atoms with Crippen LogP contribution in [0.25, 0.3) is 0 Å². The molecule has 0 atom stereocenters. The first-order valence-electron chi connectivity index (χ1n) is 6.84. The molecule has 0 spiro atoms. The topological polar surface area (TPSA) is 86.5 Å². The van der Waals surface area contributed by atoms with Gasteiger partial charge in [0.25, 0.3) is 0 Å². The summed E-state index contributed by atoms with van der Waals surface area (Å²) in [6.07, 6.45) is 3.58. The molecule has 1 heterocycles. The zero-order valence-electron chi connectivity index (χ0n) is 12.0. The van der Waals surface area contributed by atoms with Crippen molar-refractivity contribution in [2.24, 2.45) is 0 Å². The van der Waals surface area contributed by atoms with Crippen LogP contribution < -0.4 is 0 Å². The zero-order chi connectivity index (χ0) is 14.6. The number of hydrogen-bond donors (Lipinski definition) is 1. The minimum absolute atomic E-state index is 0.186. The number of carbonyl (C=O) groups excluding carboxylic acids is 1. The summed E-state index contributed by atoms with van der Waals surface area (Å²) in [5.74, 6) is -0.510. The molecule has 7 heteroatoms. The van der Waals surface area contributed by atoms with E-state index in [2.05, 4.69) is 10.3 Å². The van der Waals surface area contributed by atoms with E-state index in [0.717, 1.165) is 25.7 Å². The van der Waals surface area contributed by atoms with E-state index in [1.165, 1.54) is 7.11 Å². The monoisotopic (exact) mass is 283 g/mol. The number of esters is 1. The SMILES string of the molecule is COCCOC(=O)c1nnn(CC2(O)CCCC2)c1C. The number of nitrogens with zero attached hydrogens (tertiary/aromatic N) is 3. The standard InChI is InChI=1S/C13H21N3O4/c1-10-11(12(17)20-8-7-19-2)14-15-16(10)9-13(18)5-3-4-6-13/h18H,3-9H2,1-2H3. The summed E-state index contributed by atoms with van der Waals surface area (Å²) in [7, 11) is 1.54. The maximum Gasteiger partial charge on any atom is 0.360 e. The van der Waals surface area contributed by atoms with Crippen molar-refractivity contribution in [1.82, 2.24) is 15.0 Å². The number of methoxy groups -OCH3 is 1. The second-order valence-corrected chi connectivity index (χ2v) is 5.24. The molecule has 1 aromatic heterocycles. The number of aromatic nitrogens is 3. The van der Waals surface area contributed by atoms with Crippen molar-refractivity contribution >= 4 is 5.97 Å². The van der Waals surface area contributed by atoms with Crippen molar-refractivity contribution in [3.63, 3.8) is 0 Å². The van der Waals surface area contributed by atoms with Crippen LogP contribution in [0.4, 0.5) is 0 Å². The minimum Gasteiger partial charge on any atom is -0.458 e. The fourth-order valence-electron chi connectivity index (χ4n) is 2.46. The molecule has 7 nitrogen and oxygen atoms in total. The van der Waals surface area contributed by atoms with E-state index in [9.17, 15) is 9.90 Å². The normalized spacial score (nSPS) is 17.4. The van der Waals surface area contributed by atoms with Crippen LogP contribution in [-0.4, -0.2) is 52.0 Å². The third-order valence-electron chi connectivity index (χ3n) is 3.67. The van der Waals surface area contributed by atoms with Gasteiger partial charge < -0.3 is 14.6 Å². The number of ether oxygens (including phenoxy) is 2. The number of carbonyl (C=O) groups is 1. The summed E-state index contributed by atoms with van der Waals surface area (Å²) in [5.41, 5.74) is 0.0887. The first-order valence-corrected chi connectivity index (χ1v) is 6.84. The highest BCUT2D eigenvalue weighted by Gasteiger charge is 2.33. The van der Waals surface area contributed by atoms with Crippen molar-refractivity contribution < 1.29 is 19.4 Å². The minimum atomic E-state index is -0.727. The number of aliphatic hydroxyl groups is 1. The van der Waals surface area contributed by atoms with Gasteiger partial charge in [-0.05, 0) is 19.8 Å². The lowest BCUT2D eigenvalue weighted by Crippen LogP contribution is -2.31. The van der Waals surface area contributed by atoms with Gasteiger partial charge in [-0.25, -0.2) is 9.48 Å². The summed E-state index contributed by atoms with van der Waals surface area (Å²) < 4.78 is 11.4. The molecule has 0 amide bonds. The second kappa shape index (κ2) is 6.32. The first kappa shape index (κ1) is 14.9. The predicted molar refractivity (Wildman–Crippen MR) is 70.3 cm³/mol. The fraction of sp³-hybridized carbons (Fsp3) is 0.769. The van der Waals surface area contributed by atoms with Gasteiger partial charge in [-0.2, -0.15) is 0 Å². The first-order chi connectivity index (χ1) is 9.56. The smallest absolute Gasteiger partial charge is 0.360 e. The molecule has 112 valence electrons. The van der Waals surface area contributed by atoms with E-state index in [1.807, 2.05) is 0 Å². The third-order valence-corrected chi connectivity index (χ3v) is 3.67. The Bertz CT molecular complexity index is 466. The van der Waals surface area contributed by atoms with Gasteiger partial charge >= 0.3 is 5.97 Å². The van der Waals surface area contributed by atoms with Crippen LogP contribution >= 0.6 is 0 Å². The Morgan fingerprint density at radius 1 is 1.40 bits per heavy atom. The van der Waals surface area contributed by atoms with E-state index in [1.54, 1.807) is 11.6 Å². The fourth-order valence-corrected chi connectivity index (χ4v) is 2.46. The van der Waals surface area contributed by atoms with Crippen LogP contribution in [0.5, 0.6) is 0 Å². The van der Waals surface area contributed by atoms with E-state index in [0.29, 0.717) is 18.8 Å². The highest BCUT2D eigenvalue weighted by molar-refractivity contribution is 5.88. The zero-order valence-corrected chi connectivity index (χ0v) is 12.0. The maximum absolute atomic E-state index is 11.8. The molecule has 1 N–H and O–H groups in total. The molecule has 1 aromatic rings. The summed E-state index contributed by atoms with van der Waals surface area (Å²) in [5, 5.41) is 18.2. The summed E-state index contributed by atoms with van der Waals surface area (Å²) >= 11 is 0. The van der Waals surface area contributed by atoms with Crippen LogP contribution in [0, 0.1) is 6.92 Å². The lowest BCUT2D eigenvalue weighted by Gasteiger charge is -2.22. The largest absolute Gasteiger partial charge is 0.458 e. The average Bonchev–Trinajstić information content (AvgIpc) is 2.98. The quantitative estimate of drug-likeness (QED) is 0.611. The highest BCUT2D eigenvalue weighted by atomic mass is 16.6. The molecule has 0 radical (unpaired) electrons. The van der Waals surface area contributed by atoms with Crippen LogP contribution in [0.3, 0.4) is 0 Å². The highest BCUT2D eigenvalue weighted by Crippen LogP contribution is 2.31. The summed E-state index contributed by atoms with van der Waals surface area (Å²) in [6, 6.07) is 0.